The van der Waals surface area contributed by atoms with Gasteiger partial charge in [-0.2, -0.15) is 0 Å². The fourth-order valence-corrected chi connectivity index (χ4v) is 1.78. The smallest absolute Gasteiger partial charge is 0.0259 e. The van der Waals surface area contributed by atoms with Crippen molar-refractivity contribution in [3.05, 3.63) is 33.2 Å². The zero-order valence-electron chi connectivity index (χ0n) is 9.39. The Labute approximate surface area is 89.6 Å². The number of hydrogen-bond acceptors (Lipinski definition) is 3. The van der Waals surface area contributed by atoms with Crippen molar-refractivity contribution in [1.82, 2.24) is 0 Å². The van der Waals surface area contributed by atoms with Gasteiger partial charge in [0, 0.05) is 28.9 Å². The van der Waals surface area contributed by atoms with Crippen molar-refractivity contribution in [1.29, 1.82) is 5.41 Å². The molecule has 0 aromatic heterocycles. The van der Waals surface area contributed by atoms with E-state index in [1.54, 1.807) is 6.20 Å². The van der Waals surface area contributed by atoms with E-state index < -0.39 is 0 Å². The minimum absolute atomic E-state index is 0.725. The predicted molar refractivity (Wildman–Crippen MR) is 65.0 cm³/mol. The molecule has 0 amide bonds. The minimum atomic E-state index is 0.725. The van der Waals surface area contributed by atoms with Crippen molar-refractivity contribution in [2.75, 3.05) is 0 Å². The molecule has 0 aliphatic carbocycles. The molecule has 1 aromatic carbocycles. The summed E-state index contributed by atoms with van der Waals surface area (Å²) in [6.07, 6.45) is 2.90. The van der Waals surface area contributed by atoms with E-state index in [9.17, 15) is 0 Å². The Hall–Kier alpha value is -1.77. The van der Waals surface area contributed by atoms with E-state index in [1.165, 1.54) is 6.21 Å². The molecule has 0 bridgehead atoms. The average molecular weight is 203 g/mol. The van der Waals surface area contributed by atoms with Crippen LogP contribution >= 0.6 is 0 Å². The Morgan fingerprint density at radius 1 is 1.40 bits per heavy atom. The average Bonchev–Trinajstić information content (AvgIpc) is 2.17. The summed E-state index contributed by atoms with van der Waals surface area (Å²) in [5.41, 5.74) is 15.0. The van der Waals surface area contributed by atoms with E-state index in [4.69, 9.17) is 16.9 Å². The molecule has 1 rings (SSSR count). The standard InChI is InChI=1S/C12H17N3/c1-7-4-10(9(3)15)12(6-14)8(2)11(7)5-13/h4-6,14H,13,15H2,1-3H3/b10-9-,11-5?,14-6?. The third-order valence-corrected chi connectivity index (χ3v) is 2.62. The van der Waals surface area contributed by atoms with Crippen LogP contribution in [0.5, 0.6) is 0 Å². The van der Waals surface area contributed by atoms with E-state index in [-0.39, 0.29) is 0 Å². The molecule has 0 fully saturated rings. The first-order valence-electron chi connectivity index (χ1n) is 4.82. The van der Waals surface area contributed by atoms with Crippen LogP contribution in [-0.2, 0) is 0 Å². The van der Waals surface area contributed by atoms with Crippen LogP contribution in [-0.4, -0.2) is 6.21 Å². The molecule has 5 N–H and O–H groups in total. The number of hydrogen-bond donors (Lipinski definition) is 3. The van der Waals surface area contributed by atoms with Crippen molar-refractivity contribution in [3.63, 3.8) is 0 Å². The molecule has 0 unspecified atom stereocenters. The van der Waals surface area contributed by atoms with Gasteiger partial charge in [-0.05, 0) is 43.2 Å². The summed E-state index contributed by atoms with van der Waals surface area (Å²) < 4.78 is 0. The van der Waals surface area contributed by atoms with Crippen LogP contribution in [0.15, 0.2) is 6.07 Å². The largest absolute Gasteiger partial charge is 0.404 e. The van der Waals surface area contributed by atoms with Crippen LogP contribution in [0.4, 0.5) is 0 Å². The molecule has 0 heterocycles. The molecular formula is C12H17N3. The fraction of sp³-hybridized carbons (Fsp3) is 0.250. The van der Waals surface area contributed by atoms with Gasteiger partial charge in [-0.25, -0.2) is 0 Å². The number of nitrogens with one attached hydrogen (secondary N) is 1. The molecule has 80 valence electrons. The lowest BCUT2D eigenvalue weighted by molar-refractivity contribution is 1.26. The van der Waals surface area contributed by atoms with Gasteiger partial charge in [0.15, 0.2) is 0 Å². The Morgan fingerprint density at radius 2 is 2.00 bits per heavy atom. The molecule has 0 spiro atoms. The highest BCUT2D eigenvalue weighted by atomic mass is 14.5. The Balaban J connectivity index is 3.94. The number of nitrogens with two attached hydrogens (primary N) is 2. The molecule has 0 saturated heterocycles. The molecule has 0 saturated carbocycles. The highest BCUT2D eigenvalue weighted by Gasteiger charge is 2.03. The van der Waals surface area contributed by atoms with Crippen LogP contribution in [0.25, 0.3) is 11.9 Å². The lowest BCUT2D eigenvalue weighted by Crippen LogP contribution is -2.26. The topological polar surface area (TPSA) is 75.9 Å². The van der Waals surface area contributed by atoms with E-state index in [0.717, 1.165) is 32.8 Å². The van der Waals surface area contributed by atoms with Crippen molar-refractivity contribution in [2.45, 2.75) is 20.8 Å². The number of benzene rings is 1. The van der Waals surface area contributed by atoms with Crippen LogP contribution in [0.1, 0.15) is 23.6 Å². The third kappa shape index (κ3) is 1.86. The molecule has 1 aromatic rings. The van der Waals surface area contributed by atoms with Gasteiger partial charge in [-0.3, -0.25) is 0 Å². The molecule has 3 heteroatoms. The summed E-state index contributed by atoms with van der Waals surface area (Å²) in [5, 5.41) is 9.32. The second kappa shape index (κ2) is 4.17. The van der Waals surface area contributed by atoms with E-state index in [0.29, 0.717) is 0 Å². The van der Waals surface area contributed by atoms with Gasteiger partial charge in [0.2, 0.25) is 0 Å². The van der Waals surface area contributed by atoms with Gasteiger partial charge in [-0.1, -0.05) is 0 Å². The molecule has 15 heavy (non-hydrogen) atoms. The second-order valence-electron chi connectivity index (χ2n) is 3.69. The van der Waals surface area contributed by atoms with Crippen molar-refractivity contribution in [2.24, 2.45) is 11.5 Å². The van der Waals surface area contributed by atoms with Gasteiger partial charge in [0.1, 0.15) is 0 Å². The van der Waals surface area contributed by atoms with Gasteiger partial charge < -0.3 is 16.9 Å². The lowest BCUT2D eigenvalue weighted by Gasteiger charge is -2.07. The van der Waals surface area contributed by atoms with Crippen molar-refractivity contribution in [3.8, 4) is 0 Å². The molecule has 0 aliphatic rings. The van der Waals surface area contributed by atoms with E-state index >= 15 is 0 Å². The Bertz CT molecular complexity index is 509. The number of aryl methyl sites for hydroxylation is 1. The van der Waals surface area contributed by atoms with E-state index in [1.807, 2.05) is 26.8 Å². The fourth-order valence-electron chi connectivity index (χ4n) is 1.78. The Morgan fingerprint density at radius 3 is 2.40 bits per heavy atom. The maximum atomic E-state index is 7.41. The highest BCUT2D eigenvalue weighted by molar-refractivity contribution is 5.81. The minimum Gasteiger partial charge on any atom is -0.404 e. The lowest BCUT2D eigenvalue weighted by atomic mass is 9.99. The number of rotatable bonds is 1. The summed E-state index contributed by atoms with van der Waals surface area (Å²) in [6, 6.07) is 1.97. The maximum absolute atomic E-state index is 7.41. The van der Waals surface area contributed by atoms with Crippen molar-refractivity contribution < 1.29 is 0 Å². The summed E-state index contributed by atoms with van der Waals surface area (Å²) in [6.45, 7) is 5.79. The first kappa shape index (κ1) is 11.3. The van der Waals surface area contributed by atoms with Gasteiger partial charge >= 0.3 is 0 Å². The van der Waals surface area contributed by atoms with Crippen molar-refractivity contribution >= 4 is 18.1 Å². The molecular weight excluding hydrogens is 186 g/mol. The molecule has 0 aliphatic heterocycles. The van der Waals surface area contributed by atoms with Crippen LogP contribution < -0.4 is 21.9 Å². The zero-order chi connectivity index (χ0) is 11.6. The van der Waals surface area contributed by atoms with E-state index in [2.05, 4.69) is 0 Å². The molecule has 0 radical (unpaired) electrons. The Kier molecular flexibility index (Phi) is 3.14. The summed E-state index contributed by atoms with van der Waals surface area (Å²) in [4.78, 5) is 0. The van der Waals surface area contributed by atoms with Gasteiger partial charge in [0.25, 0.3) is 0 Å². The highest BCUT2D eigenvalue weighted by Crippen LogP contribution is 1.97. The summed E-state index contributed by atoms with van der Waals surface area (Å²) in [5.74, 6) is 0. The SMILES string of the molecule is C/C(N)=c1\cc(C)c(=CN)c(C)c1C=N. The van der Waals surface area contributed by atoms with Crippen LogP contribution in [0, 0.1) is 19.3 Å². The molecule has 0 atom stereocenters. The summed E-state index contributed by atoms with van der Waals surface area (Å²) in [7, 11) is 0. The van der Waals surface area contributed by atoms with Gasteiger partial charge in [0.05, 0.1) is 0 Å². The second-order valence-corrected chi connectivity index (χ2v) is 3.69. The monoisotopic (exact) mass is 203 g/mol. The molecule has 3 nitrogen and oxygen atoms in total. The zero-order valence-corrected chi connectivity index (χ0v) is 9.39. The summed E-state index contributed by atoms with van der Waals surface area (Å²) >= 11 is 0. The quantitative estimate of drug-likeness (QED) is 0.566. The predicted octanol–water partition coefficient (Wildman–Crippen LogP) is 0.0846. The normalized spacial score (nSPS) is 13.9. The van der Waals surface area contributed by atoms with Crippen LogP contribution in [0.2, 0.25) is 0 Å². The van der Waals surface area contributed by atoms with Gasteiger partial charge in [-0.15, -0.1) is 0 Å². The van der Waals surface area contributed by atoms with Crippen LogP contribution in [0.3, 0.4) is 0 Å². The first-order chi connectivity index (χ1) is 7.02. The third-order valence-electron chi connectivity index (χ3n) is 2.62. The maximum Gasteiger partial charge on any atom is 0.0259 e. The first-order valence-corrected chi connectivity index (χ1v) is 4.82.